The Bertz CT molecular complexity index is 1280. The number of rotatable bonds is 8. The topological polar surface area (TPSA) is 30.7 Å². The molecule has 35 heavy (non-hydrogen) atoms. The lowest BCUT2D eigenvalue weighted by Crippen LogP contribution is -2.28. The predicted octanol–water partition coefficient (Wildman–Crippen LogP) is 5.16. The Hall–Kier alpha value is -3.12. The van der Waals surface area contributed by atoms with Crippen LogP contribution in [0.4, 0.5) is 0 Å². The molecular formula is C28H24BCl2N3Si. The monoisotopic (exact) mass is 511 g/mol. The highest BCUT2D eigenvalue weighted by Crippen LogP contribution is 2.27. The number of benzene rings is 4. The van der Waals surface area contributed by atoms with Gasteiger partial charge in [0.1, 0.15) is 12.1 Å². The molecule has 0 unspecified atom stereocenters. The van der Waals surface area contributed by atoms with Crippen molar-refractivity contribution in [2.75, 3.05) is 0 Å². The van der Waals surface area contributed by atoms with Crippen LogP contribution in [0, 0.1) is 0 Å². The lowest BCUT2D eigenvalue weighted by molar-refractivity contribution is 0.943. The molecule has 1 heterocycles. The molecule has 0 bridgehead atoms. The normalized spacial score (nSPS) is 11.5. The Labute approximate surface area is 218 Å². The molecule has 5 aromatic rings. The molecule has 0 atom stereocenters. The van der Waals surface area contributed by atoms with E-state index in [0.717, 1.165) is 23.0 Å². The maximum absolute atomic E-state index is 6.16. The lowest BCUT2D eigenvalue weighted by Gasteiger charge is -2.18. The van der Waals surface area contributed by atoms with E-state index in [1.165, 1.54) is 22.3 Å². The molecule has 0 amide bonds. The van der Waals surface area contributed by atoms with Crippen molar-refractivity contribution in [3.63, 3.8) is 0 Å². The molecule has 172 valence electrons. The summed E-state index contributed by atoms with van der Waals surface area (Å²) >= 11 is 12.3. The quantitative estimate of drug-likeness (QED) is 0.269. The Kier molecular flexibility index (Phi) is 7.48. The predicted molar refractivity (Wildman–Crippen MR) is 150 cm³/mol. The molecule has 0 aliphatic rings. The third kappa shape index (κ3) is 5.94. The zero-order chi connectivity index (χ0) is 24.0. The Morgan fingerprint density at radius 2 is 1.11 bits per heavy atom. The second-order valence-corrected chi connectivity index (χ2v) is 11.3. The summed E-state index contributed by atoms with van der Waals surface area (Å²) in [5, 5.41) is 6.42. The van der Waals surface area contributed by atoms with Crippen molar-refractivity contribution >= 4 is 45.9 Å². The van der Waals surface area contributed by atoms with Crippen molar-refractivity contribution in [2.24, 2.45) is 0 Å². The van der Waals surface area contributed by atoms with Crippen LogP contribution >= 0.6 is 23.2 Å². The van der Waals surface area contributed by atoms with E-state index in [4.69, 9.17) is 33.3 Å². The third-order valence-corrected chi connectivity index (χ3v) is 8.78. The van der Waals surface area contributed by atoms with Crippen LogP contribution in [-0.2, 0) is 0 Å². The number of hydrogen-bond acceptors (Lipinski definition) is 2. The van der Waals surface area contributed by atoms with Crippen LogP contribution < -0.4 is 5.72 Å². The SMILES string of the molecule is Clc1ccc(C([SiH2]n2cnc(BC(c3ccccc3)c3ccccc3)n2)c2ccc(Cl)cc2)cc1. The molecule has 0 spiro atoms. The van der Waals surface area contributed by atoms with E-state index in [0.29, 0.717) is 0 Å². The first kappa shape index (κ1) is 23.6. The molecule has 0 saturated carbocycles. The van der Waals surface area contributed by atoms with E-state index in [-0.39, 0.29) is 11.4 Å². The third-order valence-electron chi connectivity index (χ3n) is 6.29. The van der Waals surface area contributed by atoms with Gasteiger partial charge in [-0.1, -0.05) is 108 Å². The lowest BCUT2D eigenvalue weighted by atomic mass is 9.58. The molecule has 3 nitrogen and oxygen atoms in total. The van der Waals surface area contributed by atoms with Crippen molar-refractivity contribution in [3.8, 4) is 0 Å². The molecule has 0 aliphatic heterocycles. The van der Waals surface area contributed by atoms with Gasteiger partial charge in [-0.2, -0.15) is 5.10 Å². The maximum Gasteiger partial charge on any atom is 0.222 e. The van der Waals surface area contributed by atoms with Gasteiger partial charge in [-0.05, 0) is 52.3 Å². The largest absolute Gasteiger partial charge is 0.290 e. The summed E-state index contributed by atoms with van der Waals surface area (Å²) in [6, 6.07) is 37.4. The molecule has 0 radical (unpaired) electrons. The van der Waals surface area contributed by atoms with Gasteiger partial charge in [0.05, 0.1) is 0 Å². The molecule has 4 aromatic carbocycles. The summed E-state index contributed by atoms with van der Waals surface area (Å²) in [6.45, 7) is 0. The number of hydrogen-bond donors (Lipinski definition) is 0. The number of halogens is 2. The van der Waals surface area contributed by atoms with Crippen LogP contribution in [0.2, 0.25) is 10.0 Å². The molecule has 0 saturated heterocycles. The van der Waals surface area contributed by atoms with Gasteiger partial charge in [-0.15, -0.1) is 0 Å². The van der Waals surface area contributed by atoms with Crippen molar-refractivity contribution in [2.45, 2.75) is 11.4 Å². The van der Waals surface area contributed by atoms with Crippen LogP contribution in [0.15, 0.2) is 116 Å². The van der Waals surface area contributed by atoms with E-state index in [9.17, 15) is 0 Å². The van der Waals surface area contributed by atoms with Gasteiger partial charge in [0.2, 0.25) is 7.28 Å². The van der Waals surface area contributed by atoms with Crippen molar-refractivity contribution in [3.05, 3.63) is 148 Å². The van der Waals surface area contributed by atoms with Gasteiger partial charge in [0, 0.05) is 15.6 Å². The summed E-state index contributed by atoms with van der Waals surface area (Å²) in [5.41, 5.74) is 6.10. The maximum atomic E-state index is 6.16. The second-order valence-electron chi connectivity index (χ2n) is 8.62. The van der Waals surface area contributed by atoms with Crippen LogP contribution in [0.5, 0.6) is 0 Å². The summed E-state index contributed by atoms with van der Waals surface area (Å²) in [4.78, 5) is 4.72. The average molecular weight is 512 g/mol. The minimum Gasteiger partial charge on any atom is -0.290 e. The average Bonchev–Trinajstić information content (AvgIpc) is 3.35. The van der Waals surface area contributed by atoms with E-state index < -0.39 is 9.68 Å². The molecule has 0 aliphatic carbocycles. The highest BCUT2D eigenvalue weighted by atomic mass is 35.5. The van der Waals surface area contributed by atoms with E-state index >= 15 is 0 Å². The molecule has 0 fully saturated rings. The molecule has 5 rings (SSSR count). The van der Waals surface area contributed by atoms with Crippen LogP contribution in [-0.4, -0.2) is 31.4 Å². The Morgan fingerprint density at radius 1 is 0.629 bits per heavy atom. The molecule has 7 heteroatoms. The summed E-state index contributed by atoms with van der Waals surface area (Å²) in [7, 11) is -0.148. The van der Waals surface area contributed by atoms with Crippen LogP contribution in [0.3, 0.4) is 0 Å². The first-order chi connectivity index (χ1) is 17.2. The summed E-state index contributed by atoms with van der Waals surface area (Å²) in [5.74, 6) is 0.207. The minimum absolute atomic E-state index is 0.207. The van der Waals surface area contributed by atoms with E-state index in [1.807, 2.05) is 30.6 Å². The van der Waals surface area contributed by atoms with Gasteiger partial charge in [0.15, 0.2) is 9.68 Å². The van der Waals surface area contributed by atoms with Gasteiger partial charge in [-0.25, -0.2) is 4.98 Å². The second kappa shape index (κ2) is 11.1. The zero-order valence-corrected chi connectivity index (χ0v) is 22.1. The Balaban J connectivity index is 1.41. The highest BCUT2D eigenvalue weighted by Gasteiger charge is 2.21. The van der Waals surface area contributed by atoms with Crippen molar-refractivity contribution in [1.29, 1.82) is 0 Å². The van der Waals surface area contributed by atoms with Crippen molar-refractivity contribution in [1.82, 2.24) is 14.4 Å². The fourth-order valence-electron chi connectivity index (χ4n) is 4.48. The fourth-order valence-corrected chi connectivity index (χ4v) is 6.49. The van der Waals surface area contributed by atoms with Gasteiger partial charge in [0.25, 0.3) is 0 Å². The van der Waals surface area contributed by atoms with Crippen molar-refractivity contribution < 1.29 is 0 Å². The van der Waals surface area contributed by atoms with E-state index in [2.05, 4.69) is 89.3 Å². The fraction of sp³-hybridized carbons (Fsp3) is 0.0714. The first-order valence-electron chi connectivity index (χ1n) is 11.6. The highest BCUT2D eigenvalue weighted by molar-refractivity contribution is 6.54. The standard InChI is InChI=1S/C28H24BCl2N3Si/c30-24-15-11-22(12-16-24)27(23-13-17-25(31)18-14-23)35-34-19-32-28(33-34)29-26(20-7-3-1-4-8-20)21-9-5-2-6-10-21/h1-19,26-27,29H,35H2. The van der Waals surface area contributed by atoms with Gasteiger partial charge >= 0.3 is 0 Å². The van der Waals surface area contributed by atoms with Crippen LogP contribution in [0.25, 0.3) is 0 Å². The van der Waals surface area contributed by atoms with Crippen LogP contribution in [0.1, 0.15) is 33.6 Å². The van der Waals surface area contributed by atoms with Gasteiger partial charge < -0.3 is 0 Å². The Morgan fingerprint density at radius 3 is 1.60 bits per heavy atom. The van der Waals surface area contributed by atoms with Gasteiger partial charge in [-0.3, -0.25) is 4.35 Å². The zero-order valence-electron chi connectivity index (χ0n) is 19.1. The number of aromatic nitrogens is 3. The first-order valence-corrected chi connectivity index (χ1v) is 13.9. The molecule has 0 N–H and O–H groups in total. The summed E-state index contributed by atoms with van der Waals surface area (Å²) < 4.78 is 2.08. The molecular weight excluding hydrogens is 488 g/mol. The smallest absolute Gasteiger partial charge is 0.222 e. The van der Waals surface area contributed by atoms with E-state index in [1.54, 1.807) is 0 Å². The summed E-state index contributed by atoms with van der Waals surface area (Å²) in [6.07, 6.45) is 1.90. The number of nitrogens with zero attached hydrogens (tertiary/aromatic N) is 3. The minimum atomic E-state index is -0.900. The molecule has 1 aromatic heterocycles.